The van der Waals surface area contributed by atoms with Gasteiger partial charge in [0.2, 0.25) is 0 Å². The van der Waals surface area contributed by atoms with E-state index in [1.54, 1.807) is 12.1 Å². The standard InChI is InChI=1S/C21H24F3N5O/c1-28(2)10-11-29(3)19-17-9-6-15(12-18(17)26-27-19)20(30)25-13-14-4-7-16(8-5-14)21(22,23)24/h4-9,12H,10-11,13H2,1-3H3,(H,25,30)(H,26,27). The molecule has 0 radical (unpaired) electrons. The van der Waals surface area contributed by atoms with Crippen molar-refractivity contribution in [3.05, 3.63) is 59.2 Å². The first kappa shape index (κ1) is 21.6. The molecule has 0 saturated heterocycles. The molecule has 2 N–H and O–H groups in total. The molecule has 0 saturated carbocycles. The maximum atomic E-state index is 12.6. The molecule has 1 aromatic heterocycles. The quantitative estimate of drug-likeness (QED) is 0.615. The van der Waals surface area contributed by atoms with E-state index in [2.05, 4.69) is 20.4 Å². The number of fused-ring (bicyclic) bond motifs is 1. The third kappa shape index (κ3) is 5.10. The number of nitrogens with one attached hydrogen (secondary N) is 2. The molecule has 2 aromatic carbocycles. The summed E-state index contributed by atoms with van der Waals surface area (Å²) in [6, 6.07) is 10.00. The number of hydrogen-bond acceptors (Lipinski definition) is 4. The first-order valence-corrected chi connectivity index (χ1v) is 9.43. The lowest BCUT2D eigenvalue weighted by atomic mass is 10.1. The van der Waals surface area contributed by atoms with E-state index in [1.807, 2.05) is 32.1 Å². The summed E-state index contributed by atoms with van der Waals surface area (Å²) in [5, 5.41) is 11.0. The number of nitrogens with zero attached hydrogens (tertiary/aromatic N) is 3. The summed E-state index contributed by atoms with van der Waals surface area (Å²) in [4.78, 5) is 16.6. The topological polar surface area (TPSA) is 64.3 Å². The lowest BCUT2D eigenvalue weighted by Crippen LogP contribution is -2.28. The van der Waals surface area contributed by atoms with Gasteiger partial charge in [-0.25, -0.2) is 0 Å². The van der Waals surface area contributed by atoms with Crippen LogP contribution in [0.4, 0.5) is 19.0 Å². The average Bonchev–Trinajstić information content (AvgIpc) is 3.13. The molecule has 9 heteroatoms. The molecule has 3 rings (SSSR count). The van der Waals surface area contributed by atoms with Crippen LogP contribution in [0.1, 0.15) is 21.5 Å². The number of hydrogen-bond donors (Lipinski definition) is 2. The second-order valence-corrected chi connectivity index (χ2v) is 7.41. The van der Waals surface area contributed by atoms with E-state index in [0.717, 1.165) is 41.9 Å². The molecule has 0 aliphatic carbocycles. The van der Waals surface area contributed by atoms with E-state index in [4.69, 9.17) is 0 Å². The Kier molecular flexibility index (Phi) is 6.31. The predicted molar refractivity (Wildman–Crippen MR) is 111 cm³/mol. The maximum absolute atomic E-state index is 12.6. The normalized spacial score (nSPS) is 11.8. The summed E-state index contributed by atoms with van der Waals surface area (Å²) in [6.45, 7) is 1.83. The van der Waals surface area contributed by atoms with Gasteiger partial charge in [0.15, 0.2) is 5.82 Å². The fraction of sp³-hybridized carbons (Fsp3) is 0.333. The van der Waals surface area contributed by atoms with Crippen LogP contribution in [0.5, 0.6) is 0 Å². The molecular formula is C21H24F3N5O. The first-order valence-electron chi connectivity index (χ1n) is 9.43. The number of carbonyl (C=O) groups is 1. The molecule has 3 aromatic rings. The van der Waals surface area contributed by atoms with Crippen LogP contribution in [-0.2, 0) is 12.7 Å². The molecular weight excluding hydrogens is 395 g/mol. The molecule has 0 aliphatic rings. The summed E-state index contributed by atoms with van der Waals surface area (Å²) < 4.78 is 37.9. The Morgan fingerprint density at radius 3 is 2.40 bits per heavy atom. The number of carbonyl (C=O) groups excluding carboxylic acids is 1. The Hall–Kier alpha value is -3.07. The van der Waals surface area contributed by atoms with Crippen LogP contribution in [0, 0.1) is 0 Å². The Morgan fingerprint density at radius 2 is 1.77 bits per heavy atom. The van der Waals surface area contributed by atoms with Crippen molar-refractivity contribution in [2.24, 2.45) is 0 Å². The van der Waals surface area contributed by atoms with Crippen LogP contribution < -0.4 is 10.2 Å². The molecule has 30 heavy (non-hydrogen) atoms. The highest BCUT2D eigenvalue weighted by molar-refractivity contribution is 6.00. The number of aromatic amines is 1. The zero-order chi connectivity index (χ0) is 21.9. The zero-order valence-electron chi connectivity index (χ0n) is 17.0. The van der Waals surface area contributed by atoms with Crippen molar-refractivity contribution in [3.63, 3.8) is 0 Å². The van der Waals surface area contributed by atoms with Gasteiger partial charge < -0.3 is 15.1 Å². The minimum atomic E-state index is -4.37. The number of benzene rings is 2. The minimum Gasteiger partial charge on any atom is -0.356 e. The van der Waals surface area contributed by atoms with Crippen LogP contribution in [0.15, 0.2) is 42.5 Å². The summed E-state index contributed by atoms with van der Waals surface area (Å²) in [7, 11) is 5.97. The molecule has 0 bridgehead atoms. The fourth-order valence-electron chi connectivity index (χ4n) is 2.99. The Labute approximate surface area is 172 Å². The number of halogens is 3. The average molecular weight is 419 g/mol. The summed E-state index contributed by atoms with van der Waals surface area (Å²) in [6.07, 6.45) is -4.37. The van der Waals surface area contributed by atoms with Crippen LogP contribution in [0.25, 0.3) is 10.9 Å². The number of likely N-dealkylation sites (N-methyl/N-ethyl adjacent to an activating group) is 2. The third-order valence-corrected chi connectivity index (χ3v) is 4.78. The lowest BCUT2D eigenvalue weighted by molar-refractivity contribution is -0.137. The van der Waals surface area contributed by atoms with Gasteiger partial charge in [-0.2, -0.15) is 18.3 Å². The van der Waals surface area contributed by atoms with Gasteiger partial charge in [-0.3, -0.25) is 9.89 Å². The van der Waals surface area contributed by atoms with Crippen molar-refractivity contribution < 1.29 is 18.0 Å². The van der Waals surface area contributed by atoms with Gasteiger partial charge in [0, 0.05) is 37.6 Å². The van der Waals surface area contributed by atoms with Crippen LogP contribution in [0.3, 0.4) is 0 Å². The lowest BCUT2D eigenvalue weighted by Gasteiger charge is -2.19. The second-order valence-electron chi connectivity index (χ2n) is 7.41. The molecule has 1 heterocycles. The molecule has 0 unspecified atom stereocenters. The van der Waals surface area contributed by atoms with Crippen molar-refractivity contribution >= 4 is 22.6 Å². The maximum Gasteiger partial charge on any atom is 0.416 e. The molecule has 1 amide bonds. The summed E-state index contributed by atoms with van der Waals surface area (Å²) >= 11 is 0. The van der Waals surface area contributed by atoms with Crippen molar-refractivity contribution in [1.29, 1.82) is 0 Å². The minimum absolute atomic E-state index is 0.135. The molecule has 0 aliphatic heterocycles. The van der Waals surface area contributed by atoms with E-state index in [-0.39, 0.29) is 12.5 Å². The molecule has 160 valence electrons. The number of aromatic nitrogens is 2. The van der Waals surface area contributed by atoms with Gasteiger partial charge in [-0.05, 0) is 50.0 Å². The van der Waals surface area contributed by atoms with Crippen LogP contribution in [0.2, 0.25) is 0 Å². The van der Waals surface area contributed by atoms with E-state index >= 15 is 0 Å². The van der Waals surface area contributed by atoms with Gasteiger partial charge in [0.05, 0.1) is 11.1 Å². The Balaban J connectivity index is 1.66. The Bertz CT molecular complexity index is 1010. The molecule has 0 fully saturated rings. The van der Waals surface area contributed by atoms with Gasteiger partial charge in [0.25, 0.3) is 5.91 Å². The highest BCUT2D eigenvalue weighted by Gasteiger charge is 2.29. The highest BCUT2D eigenvalue weighted by Crippen LogP contribution is 2.29. The fourth-order valence-corrected chi connectivity index (χ4v) is 2.99. The predicted octanol–water partition coefficient (Wildman–Crippen LogP) is 3.51. The van der Waals surface area contributed by atoms with Gasteiger partial charge in [-0.15, -0.1) is 0 Å². The number of amides is 1. The summed E-state index contributed by atoms with van der Waals surface area (Å²) in [5.41, 5.74) is 1.06. The van der Waals surface area contributed by atoms with Gasteiger partial charge in [0.1, 0.15) is 0 Å². The summed E-state index contributed by atoms with van der Waals surface area (Å²) in [5.74, 6) is 0.498. The monoisotopic (exact) mass is 419 g/mol. The molecule has 0 spiro atoms. The molecule has 6 nitrogen and oxygen atoms in total. The highest BCUT2D eigenvalue weighted by atomic mass is 19.4. The van der Waals surface area contributed by atoms with Crippen LogP contribution >= 0.6 is 0 Å². The smallest absolute Gasteiger partial charge is 0.356 e. The van der Waals surface area contributed by atoms with Crippen molar-refractivity contribution in [2.45, 2.75) is 12.7 Å². The second kappa shape index (κ2) is 8.74. The number of H-pyrrole nitrogens is 1. The van der Waals surface area contributed by atoms with E-state index in [9.17, 15) is 18.0 Å². The first-order chi connectivity index (χ1) is 14.1. The SMILES string of the molecule is CN(C)CCN(C)c1n[nH]c2cc(C(=O)NCc3ccc(C(F)(F)F)cc3)ccc12. The molecule has 0 atom stereocenters. The van der Waals surface area contributed by atoms with Crippen molar-refractivity contribution in [3.8, 4) is 0 Å². The largest absolute Gasteiger partial charge is 0.416 e. The van der Waals surface area contributed by atoms with Crippen LogP contribution in [-0.4, -0.2) is 55.2 Å². The third-order valence-electron chi connectivity index (χ3n) is 4.78. The van der Waals surface area contributed by atoms with Gasteiger partial charge >= 0.3 is 6.18 Å². The number of rotatable bonds is 7. The zero-order valence-corrected chi connectivity index (χ0v) is 17.0. The number of anilines is 1. The Morgan fingerprint density at radius 1 is 1.07 bits per heavy atom. The van der Waals surface area contributed by atoms with E-state index < -0.39 is 11.7 Å². The van der Waals surface area contributed by atoms with Crippen molar-refractivity contribution in [2.75, 3.05) is 39.1 Å². The van der Waals surface area contributed by atoms with Crippen molar-refractivity contribution in [1.82, 2.24) is 20.4 Å². The number of alkyl halides is 3. The van der Waals surface area contributed by atoms with E-state index in [0.29, 0.717) is 11.1 Å². The van der Waals surface area contributed by atoms with E-state index in [1.165, 1.54) is 12.1 Å². The van der Waals surface area contributed by atoms with Gasteiger partial charge in [-0.1, -0.05) is 12.1 Å².